The molecule has 0 aliphatic carbocycles. The molecule has 0 saturated carbocycles. The molecule has 34 heavy (non-hydrogen) atoms. The number of aliphatic carboxylic acids is 2. The van der Waals surface area contributed by atoms with Crippen molar-refractivity contribution in [3.63, 3.8) is 0 Å². The van der Waals surface area contributed by atoms with Crippen molar-refractivity contribution in [3.8, 4) is 0 Å². The normalized spacial score (nSPS) is 12.6. The van der Waals surface area contributed by atoms with Crippen LogP contribution in [0.2, 0.25) is 0 Å². The zero-order chi connectivity index (χ0) is 25.3. The largest absolute Gasteiger partial charge is 0.481 e. The second-order valence-electron chi connectivity index (χ2n) is 9.15. The molecule has 0 spiro atoms. The Morgan fingerprint density at radius 2 is 1.03 bits per heavy atom. The third-order valence-corrected chi connectivity index (χ3v) is 6.20. The molecule has 0 rings (SSSR count). The van der Waals surface area contributed by atoms with Crippen molar-refractivity contribution in [1.82, 2.24) is 0 Å². The van der Waals surface area contributed by atoms with Crippen LogP contribution in [0.5, 0.6) is 0 Å². The number of carboxylic acid groups (broad SMARTS) is 2. The lowest BCUT2D eigenvalue weighted by molar-refractivity contribution is -0.148. The summed E-state index contributed by atoms with van der Waals surface area (Å²) in [6.07, 6.45) is 19.2. The number of rotatable bonds is 27. The molecule has 0 aromatic carbocycles. The van der Waals surface area contributed by atoms with E-state index in [0.717, 1.165) is 38.5 Å². The fourth-order valence-corrected chi connectivity index (χ4v) is 4.18. The predicted octanol–water partition coefficient (Wildman–Crippen LogP) is 5.90. The number of ether oxygens (including phenoxy) is 2. The van der Waals surface area contributed by atoms with Gasteiger partial charge in [0.05, 0.1) is 12.3 Å². The molecule has 8 heteroatoms. The van der Waals surface area contributed by atoms with Crippen LogP contribution in [0, 0.1) is 5.92 Å². The molecular weight excluding hydrogens is 440 g/mol. The van der Waals surface area contributed by atoms with Crippen molar-refractivity contribution in [1.29, 1.82) is 0 Å². The van der Waals surface area contributed by atoms with Crippen molar-refractivity contribution in [2.24, 2.45) is 5.92 Å². The average molecular weight is 487 g/mol. The fourth-order valence-electron chi connectivity index (χ4n) is 4.18. The summed E-state index contributed by atoms with van der Waals surface area (Å²) in [6.45, 7) is 0.917. The zero-order valence-corrected chi connectivity index (χ0v) is 20.8. The first-order valence-corrected chi connectivity index (χ1v) is 13.1. The smallest absolute Gasteiger partial charge is 0.307 e. The lowest BCUT2D eigenvalue weighted by Crippen LogP contribution is -2.19. The van der Waals surface area contributed by atoms with Crippen molar-refractivity contribution in [3.05, 3.63) is 0 Å². The predicted molar refractivity (Wildman–Crippen MR) is 129 cm³/mol. The summed E-state index contributed by atoms with van der Waals surface area (Å²) >= 11 is 0. The molecule has 0 radical (unpaired) electrons. The highest BCUT2D eigenvalue weighted by Crippen LogP contribution is 2.17. The summed E-state index contributed by atoms with van der Waals surface area (Å²) in [6, 6.07) is 0. The number of unbranched alkanes of at least 4 members (excludes halogenated alkanes) is 15. The topological polar surface area (TPSA) is 127 Å². The van der Waals surface area contributed by atoms with Gasteiger partial charge in [-0.25, -0.2) is 0 Å². The summed E-state index contributed by atoms with van der Waals surface area (Å²) in [7, 11) is 0. The van der Waals surface area contributed by atoms with Crippen molar-refractivity contribution in [2.45, 2.75) is 128 Å². The van der Waals surface area contributed by atoms with Gasteiger partial charge in [-0.2, -0.15) is 0 Å². The first-order valence-electron chi connectivity index (χ1n) is 13.1. The molecule has 0 aromatic rings. The Morgan fingerprint density at radius 3 is 1.38 bits per heavy atom. The zero-order valence-electron chi connectivity index (χ0n) is 20.8. The Labute approximate surface area is 204 Å². The van der Waals surface area contributed by atoms with Gasteiger partial charge >= 0.3 is 11.9 Å². The van der Waals surface area contributed by atoms with E-state index in [9.17, 15) is 19.2 Å². The van der Waals surface area contributed by atoms with Crippen LogP contribution < -0.4 is 0 Å². The maximum atomic E-state index is 11.0. The number of hydrogen-bond donors (Lipinski definition) is 2. The molecule has 0 saturated heterocycles. The van der Waals surface area contributed by atoms with E-state index in [1.807, 2.05) is 0 Å². The van der Waals surface area contributed by atoms with E-state index in [-0.39, 0.29) is 19.1 Å². The first kappa shape index (κ1) is 31.9. The molecule has 0 aliphatic heterocycles. The minimum Gasteiger partial charge on any atom is -0.481 e. The average Bonchev–Trinajstić information content (AvgIpc) is 2.80. The van der Waals surface area contributed by atoms with Gasteiger partial charge in [0.1, 0.15) is 12.7 Å². The first-order chi connectivity index (χ1) is 16.5. The minimum absolute atomic E-state index is 0.132. The van der Waals surface area contributed by atoms with Gasteiger partial charge in [-0.15, -0.1) is 0 Å². The summed E-state index contributed by atoms with van der Waals surface area (Å²) in [5, 5.41) is 17.8. The number of carbonyl (C=O) groups excluding carboxylic acids is 2. The molecule has 0 aliphatic rings. The summed E-state index contributed by atoms with van der Waals surface area (Å²) in [4.78, 5) is 42.3. The van der Waals surface area contributed by atoms with Gasteiger partial charge in [0, 0.05) is 0 Å². The van der Waals surface area contributed by atoms with Crippen molar-refractivity contribution >= 4 is 24.9 Å². The standard InChI is InChI=1S/C26H46O8/c27-21-33-20-24(34-22-28)18-16-14-12-10-8-6-4-2-1-3-5-7-9-11-13-15-17-23(26(31)32)19-25(29)30/h21-24H,1-20H2,(H,29,30)(H,31,32). The maximum Gasteiger partial charge on any atom is 0.307 e. The fraction of sp³-hybridized carbons (Fsp3) is 0.846. The second-order valence-corrected chi connectivity index (χ2v) is 9.15. The number of hydrogen-bond acceptors (Lipinski definition) is 6. The van der Waals surface area contributed by atoms with Gasteiger partial charge in [-0.1, -0.05) is 96.3 Å². The van der Waals surface area contributed by atoms with Crippen LogP contribution in [0.1, 0.15) is 122 Å². The Hall–Kier alpha value is -2.12. The van der Waals surface area contributed by atoms with E-state index in [1.54, 1.807) is 0 Å². The molecular formula is C26H46O8. The highest BCUT2D eigenvalue weighted by molar-refractivity contribution is 5.77. The minimum atomic E-state index is -1.04. The van der Waals surface area contributed by atoms with Crippen LogP contribution >= 0.6 is 0 Å². The van der Waals surface area contributed by atoms with Crippen molar-refractivity contribution < 1.29 is 38.9 Å². The SMILES string of the molecule is O=COCC(CCCCCCCCCCCCCCCCCCC(CC(=O)O)C(=O)O)OC=O. The van der Waals surface area contributed by atoms with Crippen LogP contribution in [0.25, 0.3) is 0 Å². The Morgan fingerprint density at radius 1 is 0.618 bits per heavy atom. The number of carbonyl (C=O) groups is 4. The quantitative estimate of drug-likeness (QED) is 0.108. The molecule has 198 valence electrons. The van der Waals surface area contributed by atoms with E-state index in [2.05, 4.69) is 4.74 Å². The van der Waals surface area contributed by atoms with Gasteiger partial charge in [0.15, 0.2) is 0 Å². The molecule has 2 N–H and O–H groups in total. The second kappa shape index (κ2) is 24.0. The van der Waals surface area contributed by atoms with Crippen molar-refractivity contribution in [2.75, 3.05) is 6.61 Å². The van der Waals surface area contributed by atoms with E-state index in [0.29, 0.717) is 19.4 Å². The molecule has 2 unspecified atom stereocenters. The molecule has 0 aromatic heterocycles. The Kier molecular flexibility index (Phi) is 22.5. The molecule has 0 amide bonds. The van der Waals surface area contributed by atoms with Crippen LogP contribution in [0.3, 0.4) is 0 Å². The summed E-state index contributed by atoms with van der Waals surface area (Å²) in [5.74, 6) is -2.80. The Bertz CT molecular complexity index is 523. The van der Waals surface area contributed by atoms with Gasteiger partial charge in [0.2, 0.25) is 0 Å². The maximum absolute atomic E-state index is 11.0. The lowest BCUT2D eigenvalue weighted by atomic mass is 9.97. The van der Waals surface area contributed by atoms with Gasteiger partial charge < -0.3 is 19.7 Å². The molecule has 0 heterocycles. The highest BCUT2D eigenvalue weighted by atomic mass is 16.6. The van der Waals surface area contributed by atoms with Gasteiger partial charge in [-0.3, -0.25) is 19.2 Å². The highest BCUT2D eigenvalue weighted by Gasteiger charge is 2.20. The third-order valence-electron chi connectivity index (χ3n) is 6.20. The Balaban J connectivity index is 3.35. The van der Waals surface area contributed by atoms with Gasteiger partial charge in [-0.05, 0) is 19.3 Å². The molecule has 2 atom stereocenters. The van der Waals surface area contributed by atoms with Crippen LogP contribution in [0.4, 0.5) is 0 Å². The van der Waals surface area contributed by atoms with E-state index in [1.165, 1.54) is 70.6 Å². The summed E-state index contributed by atoms with van der Waals surface area (Å²) < 4.78 is 9.56. The summed E-state index contributed by atoms with van der Waals surface area (Å²) in [5.41, 5.74) is 0. The van der Waals surface area contributed by atoms with Crippen LogP contribution in [-0.4, -0.2) is 47.8 Å². The van der Waals surface area contributed by atoms with Gasteiger partial charge in [0.25, 0.3) is 12.9 Å². The van der Waals surface area contributed by atoms with Crippen LogP contribution in [0.15, 0.2) is 0 Å². The number of carboxylic acids is 2. The van der Waals surface area contributed by atoms with E-state index < -0.39 is 17.9 Å². The molecule has 8 nitrogen and oxygen atoms in total. The van der Waals surface area contributed by atoms with E-state index in [4.69, 9.17) is 14.9 Å². The monoisotopic (exact) mass is 486 g/mol. The molecule has 0 bridgehead atoms. The van der Waals surface area contributed by atoms with E-state index >= 15 is 0 Å². The van der Waals surface area contributed by atoms with Crippen LogP contribution in [-0.2, 0) is 28.7 Å². The lowest BCUT2D eigenvalue weighted by Gasteiger charge is -2.13. The molecule has 0 fully saturated rings. The third kappa shape index (κ3) is 21.7.